The van der Waals surface area contributed by atoms with Gasteiger partial charge in [-0.05, 0) is 13.8 Å². The molecule has 0 saturated carbocycles. The first kappa shape index (κ1) is 14.8. The van der Waals surface area contributed by atoms with E-state index in [9.17, 15) is 8.42 Å². The van der Waals surface area contributed by atoms with E-state index in [2.05, 4.69) is 0 Å². The largest absolute Gasteiger partial charge is 0.393 e. The maximum Gasteiger partial charge on any atom is 0.281 e. The van der Waals surface area contributed by atoms with Crippen LogP contribution in [-0.4, -0.2) is 48.7 Å². The summed E-state index contributed by atoms with van der Waals surface area (Å²) in [6.45, 7) is 3.95. The summed E-state index contributed by atoms with van der Waals surface area (Å²) in [5.74, 6) is 0. The Hall–Kier alpha value is -0.240. The molecule has 15 heavy (non-hydrogen) atoms. The van der Waals surface area contributed by atoms with Crippen molar-refractivity contribution >= 4 is 27.4 Å². The van der Waals surface area contributed by atoms with Crippen LogP contribution in [0.3, 0.4) is 0 Å². The Kier molecular flexibility index (Phi) is 5.65. The first-order valence-corrected chi connectivity index (χ1v) is 6.47. The lowest BCUT2D eigenvalue weighted by molar-refractivity contribution is 0.360. The van der Waals surface area contributed by atoms with Crippen LogP contribution in [0.15, 0.2) is 0 Å². The monoisotopic (exact) mass is 253 g/mol. The van der Waals surface area contributed by atoms with Gasteiger partial charge in [-0.2, -0.15) is 17.0 Å². The molecule has 0 aliphatic carbocycles. The first-order chi connectivity index (χ1) is 6.69. The van der Waals surface area contributed by atoms with E-state index in [1.54, 1.807) is 7.05 Å². The standard InChI is InChI=1S/C8H19N3O2S2/c1-7(2)11(4)15(12,13)10(3)6-5-8(9)14/h7H,5-6H2,1-4H3,(H2,9,14). The molecule has 0 radical (unpaired) electrons. The molecule has 0 aromatic heterocycles. The molecule has 2 N–H and O–H groups in total. The minimum atomic E-state index is -3.38. The van der Waals surface area contributed by atoms with Gasteiger partial charge in [-0.25, -0.2) is 0 Å². The van der Waals surface area contributed by atoms with Crippen LogP contribution in [0.25, 0.3) is 0 Å². The van der Waals surface area contributed by atoms with Crippen LogP contribution >= 0.6 is 12.2 Å². The van der Waals surface area contributed by atoms with Crippen LogP contribution in [0.1, 0.15) is 20.3 Å². The van der Waals surface area contributed by atoms with Gasteiger partial charge in [-0.15, -0.1) is 0 Å². The molecule has 0 aliphatic heterocycles. The molecule has 0 spiro atoms. The van der Waals surface area contributed by atoms with Gasteiger partial charge in [0.05, 0.1) is 4.99 Å². The quantitative estimate of drug-likeness (QED) is 0.686. The van der Waals surface area contributed by atoms with Crippen molar-refractivity contribution in [2.45, 2.75) is 26.3 Å². The highest BCUT2D eigenvalue weighted by Gasteiger charge is 2.25. The van der Waals surface area contributed by atoms with E-state index in [1.807, 2.05) is 13.8 Å². The van der Waals surface area contributed by atoms with Gasteiger partial charge in [-0.3, -0.25) is 0 Å². The Balaban J connectivity index is 4.52. The summed E-state index contributed by atoms with van der Waals surface area (Å²) >= 11 is 4.70. The summed E-state index contributed by atoms with van der Waals surface area (Å²) in [6.07, 6.45) is 0.400. The second-order valence-electron chi connectivity index (χ2n) is 3.66. The third-order valence-corrected chi connectivity index (χ3v) is 4.48. The maximum atomic E-state index is 11.9. The van der Waals surface area contributed by atoms with E-state index in [-0.39, 0.29) is 6.04 Å². The topological polar surface area (TPSA) is 66.6 Å². The molecule has 5 nitrogen and oxygen atoms in total. The van der Waals surface area contributed by atoms with Gasteiger partial charge >= 0.3 is 0 Å². The maximum absolute atomic E-state index is 11.9. The SMILES string of the molecule is CC(C)N(C)S(=O)(=O)N(C)CCC(N)=S. The molecule has 0 saturated heterocycles. The van der Waals surface area contributed by atoms with Crippen molar-refractivity contribution in [2.75, 3.05) is 20.6 Å². The van der Waals surface area contributed by atoms with Crippen LogP contribution in [0.5, 0.6) is 0 Å². The Bertz CT molecular complexity index is 314. The smallest absolute Gasteiger partial charge is 0.281 e. The number of nitrogens with two attached hydrogens (primary N) is 1. The molecule has 90 valence electrons. The van der Waals surface area contributed by atoms with Crippen molar-refractivity contribution in [3.63, 3.8) is 0 Å². The molecule has 0 fully saturated rings. The third kappa shape index (κ3) is 4.42. The number of rotatable bonds is 6. The van der Waals surface area contributed by atoms with E-state index >= 15 is 0 Å². The van der Waals surface area contributed by atoms with E-state index < -0.39 is 10.2 Å². The van der Waals surface area contributed by atoms with Gasteiger partial charge < -0.3 is 5.73 Å². The van der Waals surface area contributed by atoms with Gasteiger partial charge in [-0.1, -0.05) is 12.2 Å². The molecule has 0 aromatic carbocycles. The van der Waals surface area contributed by atoms with Crippen LogP contribution < -0.4 is 5.73 Å². The second kappa shape index (κ2) is 5.74. The summed E-state index contributed by atoms with van der Waals surface area (Å²) in [5.41, 5.74) is 5.32. The number of thiocarbonyl (C=S) groups is 1. The van der Waals surface area contributed by atoms with Crippen molar-refractivity contribution in [3.8, 4) is 0 Å². The van der Waals surface area contributed by atoms with Crippen LogP contribution in [-0.2, 0) is 10.2 Å². The summed E-state index contributed by atoms with van der Waals surface area (Å²) in [7, 11) is -0.309. The van der Waals surface area contributed by atoms with Crippen molar-refractivity contribution in [2.24, 2.45) is 5.73 Å². The molecular formula is C8H19N3O2S2. The Labute approximate surface area is 97.4 Å². The normalized spacial score (nSPS) is 12.7. The molecule has 0 unspecified atom stereocenters. The van der Waals surface area contributed by atoms with Crippen LogP contribution in [0.4, 0.5) is 0 Å². The fourth-order valence-corrected chi connectivity index (χ4v) is 2.26. The summed E-state index contributed by atoms with van der Waals surface area (Å²) in [4.78, 5) is 0.323. The fraction of sp³-hybridized carbons (Fsp3) is 0.875. The molecule has 0 bridgehead atoms. The molecule has 0 rings (SSSR count). The third-order valence-electron chi connectivity index (χ3n) is 2.16. The highest BCUT2D eigenvalue weighted by atomic mass is 32.2. The van der Waals surface area contributed by atoms with Crippen molar-refractivity contribution in [1.29, 1.82) is 0 Å². The second-order valence-corrected chi connectivity index (χ2v) is 6.27. The highest BCUT2D eigenvalue weighted by molar-refractivity contribution is 7.86. The minimum Gasteiger partial charge on any atom is -0.393 e. The predicted molar refractivity (Wildman–Crippen MR) is 65.9 cm³/mol. The first-order valence-electron chi connectivity index (χ1n) is 4.67. The molecule has 0 amide bonds. The van der Waals surface area contributed by atoms with Crippen molar-refractivity contribution < 1.29 is 8.42 Å². The van der Waals surface area contributed by atoms with Crippen LogP contribution in [0.2, 0.25) is 0 Å². The van der Waals surface area contributed by atoms with Crippen LogP contribution in [0, 0.1) is 0 Å². The molecule has 0 heterocycles. The zero-order valence-electron chi connectivity index (χ0n) is 9.60. The Morgan fingerprint density at radius 1 is 1.40 bits per heavy atom. The molecule has 0 aliphatic rings. The van der Waals surface area contributed by atoms with E-state index in [0.29, 0.717) is 18.0 Å². The van der Waals surface area contributed by atoms with E-state index in [0.717, 1.165) is 0 Å². The molecule has 0 atom stereocenters. The lowest BCUT2D eigenvalue weighted by Gasteiger charge is -2.26. The van der Waals surface area contributed by atoms with Crippen molar-refractivity contribution in [3.05, 3.63) is 0 Å². The zero-order valence-corrected chi connectivity index (χ0v) is 11.2. The minimum absolute atomic E-state index is 0.0673. The number of hydrogen-bond donors (Lipinski definition) is 1. The van der Waals surface area contributed by atoms with Gasteiger partial charge in [0.1, 0.15) is 0 Å². The number of hydrogen-bond acceptors (Lipinski definition) is 3. The average Bonchev–Trinajstić information content (AvgIpc) is 2.12. The lowest BCUT2D eigenvalue weighted by Crippen LogP contribution is -2.43. The van der Waals surface area contributed by atoms with E-state index in [4.69, 9.17) is 18.0 Å². The Morgan fingerprint density at radius 2 is 1.87 bits per heavy atom. The van der Waals surface area contributed by atoms with Gasteiger partial charge in [0.15, 0.2) is 0 Å². The molecular weight excluding hydrogens is 234 g/mol. The van der Waals surface area contributed by atoms with Gasteiger partial charge in [0.25, 0.3) is 10.2 Å². The molecule has 0 aromatic rings. The van der Waals surface area contributed by atoms with Crippen molar-refractivity contribution in [1.82, 2.24) is 8.61 Å². The summed E-state index contributed by atoms with van der Waals surface area (Å²) < 4.78 is 26.3. The fourth-order valence-electron chi connectivity index (χ4n) is 0.869. The zero-order chi connectivity index (χ0) is 12.2. The van der Waals surface area contributed by atoms with Gasteiger partial charge in [0, 0.05) is 33.1 Å². The molecule has 7 heteroatoms. The summed E-state index contributed by atoms with van der Waals surface area (Å²) in [5, 5.41) is 0. The lowest BCUT2D eigenvalue weighted by atomic mass is 10.4. The average molecular weight is 253 g/mol. The Morgan fingerprint density at radius 3 is 2.20 bits per heavy atom. The highest BCUT2D eigenvalue weighted by Crippen LogP contribution is 2.08. The van der Waals surface area contributed by atoms with Gasteiger partial charge in [0.2, 0.25) is 0 Å². The predicted octanol–water partition coefficient (Wildman–Crippen LogP) is 0.179. The van der Waals surface area contributed by atoms with E-state index in [1.165, 1.54) is 15.7 Å². The summed E-state index contributed by atoms with van der Waals surface area (Å²) in [6, 6.07) is -0.0673. The number of nitrogens with zero attached hydrogens (tertiary/aromatic N) is 2.